The van der Waals surface area contributed by atoms with E-state index in [2.05, 4.69) is 32.2 Å². The molecule has 0 saturated carbocycles. The Morgan fingerprint density at radius 2 is 2.00 bits per heavy atom. The molecule has 0 aliphatic rings. The van der Waals surface area contributed by atoms with Crippen molar-refractivity contribution in [1.82, 2.24) is 5.32 Å². The SMILES string of the molecule is CCOc1ccc(C(O)C(CCN)NC)cc1C(C)(C)C. The molecule has 0 aromatic heterocycles. The predicted molar refractivity (Wildman–Crippen MR) is 87.8 cm³/mol. The molecule has 0 amide bonds. The number of nitrogens with two attached hydrogens (primary N) is 1. The third kappa shape index (κ3) is 4.70. The number of aliphatic hydroxyl groups excluding tert-OH is 1. The highest BCUT2D eigenvalue weighted by Crippen LogP contribution is 2.34. The third-order valence-corrected chi connectivity index (χ3v) is 3.68. The Kier molecular flexibility index (Phi) is 6.65. The maximum atomic E-state index is 10.6. The summed E-state index contributed by atoms with van der Waals surface area (Å²) in [6.45, 7) is 9.61. The highest BCUT2D eigenvalue weighted by atomic mass is 16.5. The number of hydrogen-bond acceptors (Lipinski definition) is 4. The van der Waals surface area contributed by atoms with Gasteiger partial charge in [-0.3, -0.25) is 0 Å². The lowest BCUT2D eigenvalue weighted by atomic mass is 9.84. The second-order valence-corrected chi connectivity index (χ2v) is 6.36. The van der Waals surface area contributed by atoms with Crippen molar-refractivity contribution in [3.63, 3.8) is 0 Å². The lowest BCUT2D eigenvalue weighted by molar-refractivity contribution is 0.128. The molecule has 0 fully saturated rings. The van der Waals surface area contributed by atoms with E-state index in [0.29, 0.717) is 13.2 Å². The van der Waals surface area contributed by atoms with Crippen LogP contribution in [0.4, 0.5) is 0 Å². The van der Waals surface area contributed by atoms with Crippen molar-refractivity contribution in [3.05, 3.63) is 29.3 Å². The zero-order chi connectivity index (χ0) is 16.0. The van der Waals surface area contributed by atoms with Crippen molar-refractivity contribution in [2.75, 3.05) is 20.2 Å². The highest BCUT2D eigenvalue weighted by molar-refractivity contribution is 5.42. The first-order valence-corrected chi connectivity index (χ1v) is 7.67. The van der Waals surface area contributed by atoms with E-state index in [-0.39, 0.29) is 11.5 Å². The molecular formula is C17H30N2O2. The first-order chi connectivity index (χ1) is 9.85. The molecule has 0 saturated heterocycles. The van der Waals surface area contributed by atoms with Gasteiger partial charge in [0.25, 0.3) is 0 Å². The second-order valence-electron chi connectivity index (χ2n) is 6.36. The zero-order valence-electron chi connectivity index (χ0n) is 13.9. The first-order valence-electron chi connectivity index (χ1n) is 7.67. The minimum Gasteiger partial charge on any atom is -0.494 e. The molecule has 0 heterocycles. The number of nitrogens with one attached hydrogen (secondary N) is 1. The molecule has 2 atom stereocenters. The standard InChI is InChI=1S/C17H30N2O2/c1-6-21-15-8-7-12(11-13(15)17(2,3)4)16(20)14(19-5)9-10-18/h7-8,11,14,16,19-20H,6,9-10,18H2,1-5H3. The minimum atomic E-state index is -0.574. The summed E-state index contributed by atoms with van der Waals surface area (Å²) in [4.78, 5) is 0. The van der Waals surface area contributed by atoms with Gasteiger partial charge in [-0.05, 0) is 55.6 Å². The number of likely N-dealkylation sites (N-methyl/N-ethyl adjacent to an activating group) is 1. The summed E-state index contributed by atoms with van der Waals surface area (Å²) >= 11 is 0. The average molecular weight is 294 g/mol. The van der Waals surface area contributed by atoms with E-state index in [9.17, 15) is 5.11 Å². The van der Waals surface area contributed by atoms with Gasteiger partial charge in [0, 0.05) is 6.04 Å². The Morgan fingerprint density at radius 3 is 2.48 bits per heavy atom. The van der Waals surface area contributed by atoms with Crippen molar-refractivity contribution >= 4 is 0 Å². The van der Waals surface area contributed by atoms with E-state index in [0.717, 1.165) is 23.3 Å². The van der Waals surface area contributed by atoms with Gasteiger partial charge < -0.3 is 20.9 Å². The average Bonchev–Trinajstić information content (AvgIpc) is 2.43. The van der Waals surface area contributed by atoms with Gasteiger partial charge in [0.1, 0.15) is 5.75 Å². The molecule has 21 heavy (non-hydrogen) atoms. The van der Waals surface area contributed by atoms with Crippen molar-refractivity contribution in [3.8, 4) is 5.75 Å². The van der Waals surface area contributed by atoms with Crippen molar-refractivity contribution in [2.45, 2.75) is 51.7 Å². The van der Waals surface area contributed by atoms with Crippen LogP contribution >= 0.6 is 0 Å². The summed E-state index contributed by atoms with van der Waals surface area (Å²) in [6.07, 6.45) is 0.158. The van der Waals surface area contributed by atoms with Gasteiger partial charge in [0.05, 0.1) is 12.7 Å². The molecule has 4 nitrogen and oxygen atoms in total. The van der Waals surface area contributed by atoms with Crippen LogP contribution in [0.15, 0.2) is 18.2 Å². The fraction of sp³-hybridized carbons (Fsp3) is 0.647. The van der Waals surface area contributed by atoms with E-state index in [1.165, 1.54) is 0 Å². The van der Waals surface area contributed by atoms with Gasteiger partial charge in [-0.1, -0.05) is 26.8 Å². The maximum Gasteiger partial charge on any atom is 0.123 e. The summed E-state index contributed by atoms with van der Waals surface area (Å²) in [5, 5.41) is 13.7. The Balaban J connectivity index is 3.15. The van der Waals surface area contributed by atoms with E-state index in [1.807, 2.05) is 26.1 Å². The monoisotopic (exact) mass is 294 g/mol. The molecule has 0 spiro atoms. The smallest absolute Gasteiger partial charge is 0.123 e. The molecule has 1 aromatic rings. The largest absolute Gasteiger partial charge is 0.494 e. The van der Waals surface area contributed by atoms with Gasteiger partial charge in [0.2, 0.25) is 0 Å². The molecular weight excluding hydrogens is 264 g/mol. The van der Waals surface area contributed by atoms with Crippen LogP contribution in [0.3, 0.4) is 0 Å². The number of hydrogen-bond donors (Lipinski definition) is 3. The molecule has 0 radical (unpaired) electrons. The molecule has 120 valence electrons. The summed E-state index contributed by atoms with van der Waals surface area (Å²) in [7, 11) is 1.85. The van der Waals surface area contributed by atoms with E-state index < -0.39 is 6.10 Å². The maximum absolute atomic E-state index is 10.6. The Morgan fingerprint density at radius 1 is 1.33 bits per heavy atom. The Hall–Kier alpha value is -1.10. The lowest BCUT2D eigenvalue weighted by Crippen LogP contribution is -2.34. The molecule has 0 bridgehead atoms. The van der Waals surface area contributed by atoms with Gasteiger partial charge in [-0.15, -0.1) is 0 Å². The Bertz CT molecular complexity index is 441. The van der Waals surface area contributed by atoms with Crippen LogP contribution in [0.2, 0.25) is 0 Å². The fourth-order valence-corrected chi connectivity index (χ4v) is 2.47. The van der Waals surface area contributed by atoms with Crippen LogP contribution in [0, 0.1) is 0 Å². The molecule has 2 unspecified atom stereocenters. The number of ether oxygens (including phenoxy) is 1. The topological polar surface area (TPSA) is 67.5 Å². The van der Waals surface area contributed by atoms with Crippen LogP contribution in [0.5, 0.6) is 5.75 Å². The fourth-order valence-electron chi connectivity index (χ4n) is 2.47. The quantitative estimate of drug-likeness (QED) is 0.722. The summed E-state index contributed by atoms with van der Waals surface area (Å²) in [6, 6.07) is 5.90. The number of aliphatic hydroxyl groups is 1. The van der Waals surface area contributed by atoms with Crippen molar-refractivity contribution < 1.29 is 9.84 Å². The molecule has 4 heteroatoms. The molecule has 4 N–H and O–H groups in total. The first kappa shape index (κ1) is 18.0. The van der Waals surface area contributed by atoms with Gasteiger partial charge in [-0.2, -0.15) is 0 Å². The predicted octanol–water partition coefficient (Wildman–Crippen LogP) is 2.35. The van der Waals surface area contributed by atoms with Crippen LogP contribution in [-0.4, -0.2) is 31.3 Å². The van der Waals surface area contributed by atoms with Crippen LogP contribution in [0.25, 0.3) is 0 Å². The zero-order valence-corrected chi connectivity index (χ0v) is 13.9. The van der Waals surface area contributed by atoms with Crippen LogP contribution in [-0.2, 0) is 5.41 Å². The summed E-state index contributed by atoms with van der Waals surface area (Å²) < 4.78 is 5.72. The Labute approximate surface area is 128 Å². The molecule has 0 aliphatic carbocycles. The summed E-state index contributed by atoms with van der Waals surface area (Å²) in [5.74, 6) is 0.890. The summed E-state index contributed by atoms with van der Waals surface area (Å²) in [5.41, 5.74) is 7.59. The van der Waals surface area contributed by atoms with Crippen molar-refractivity contribution in [2.24, 2.45) is 5.73 Å². The van der Waals surface area contributed by atoms with E-state index in [1.54, 1.807) is 0 Å². The molecule has 1 rings (SSSR count). The van der Waals surface area contributed by atoms with Gasteiger partial charge >= 0.3 is 0 Å². The van der Waals surface area contributed by atoms with Crippen LogP contribution < -0.4 is 15.8 Å². The van der Waals surface area contributed by atoms with Crippen molar-refractivity contribution in [1.29, 1.82) is 0 Å². The van der Waals surface area contributed by atoms with Crippen LogP contribution in [0.1, 0.15) is 51.3 Å². The van der Waals surface area contributed by atoms with E-state index >= 15 is 0 Å². The second kappa shape index (κ2) is 7.78. The third-order valence-electron chi connectivity index (χ3n) is 3.68. The normalized spacial score (nSPS) is 14.8. The van der Waals surface area contributed by atoms with Gasteiger partial charge in [0.15, 0.2) is 0 Å². The number of benzene rings is 1. The lowest BCUT2D eigenvalue weighted by Gasteiger charge is -2.27. The highest BCUT2D eigenvalue weighted by Gasteiger charge is 2.24. The minimum absolute atomic E-state index is 0.0385. The number of rotatable bonds is 7. The van der Waals surface area contributed by atoms with Gasteiger partial charge in [-0.25, -0.2) is 0 Å². The molecule has 1 aromatic carbocycles. The van der Waals surface area contributed by atoms with E-state index in [4.69, 9.17) is 10.5 Å². The molecule has 0 aliphatic heterocycles.